The molecule has 0 amide bonds. The summed E-state index contributed by atoms with van der Waals surface area (Å²) in [7, 11) is 2.90. The fourth-order valence-corrected chi connectivity index (χ4v) is 5.02. The maximum atomic E-state index is 15.3. The monoisotopic (exact) mass is 603 g/mol. The average molecular weight is 604 g/mol. The molecule has 0 spiro atoms. The van der Waals surface area contributed by atoms with Gasteiger partial charge in [0.05, 0.1) is 31.8 Å². The van der Waals surface area contributed by atoms with Crippen LogP contribution in [0.3, 0.4) is 0 Å². The van der Waals surface area contributed by atoms with Crippen LogP contribution < -0.4 is 19.6 Å². The van der Waals surface area contributed by atoms with E-state index in [1.165, 1.54) is 67.6 Å². The lowest BCUT2D eigenvalue weighted by Crippen LogP contribution is -2.24. The van der Waals surface area contributed by atoms with E-state index in [2.05, 4.69) is 9.97 Å². The van der Waals surface area contributed by atoms with Gasteiger partial charge in [-0.3, -0.25) is 14.6 Å². The van der Waals surface area contributed by atoms with Gasteiger partial charge in [0.15, 0.2) is 34.3 Å². The molecule has 2 aromatic carbocycles. The van der Waals surface area contributed by atoms with Crippen molar-refractivity contribution in [1.82, 2.24) is 14.5 Å². The number of carbonyl (C=O) groups is 1. The van der Waals surface area contributed by atoms with E-state index in [4.69, 9.17) is 14.2 Å². The number of halogens is 3. The molecule has 3 aromatic heterocycles. The van der Waals surface area contributed by atoms with Gasteiger partial charge in [0.1, 0.15) is 18.0 Å². The molecule has 226 valence electrons. The van der Waals surface area contributed by atoms with Crippen molar-refractivity contribution in [1.29, 1.82) is 0 Å². The molecule has 0 unspecified atom stereocenters. The molecule has 0 aliphatic carbocycles. The number of carbonyl (C=O) groups excluding carboxylic acids is 1. The van der Waals surface area contributed by atoms with Crippen LogP contribution in [0.1, 0.15) is 27.2 Å². The number of hydrogen-bond acceptors (Lipinski definition) is 7. The van der Waals surface area contributed by atoms with Gasteiger partial charge >= 0.3 is 0 Å². The Kier molecular flexibility index (Phi) is 8.66. The van der Waals surface area contributed by atoms with Gasteiger partial charge < -0.3 is 18.8 Å². The Morgan fingerprint density at radius 3 is 2.43 bits per heavy atom. The molecule has 0 radical (unpaired) electrons. The summed E-state index contributed by atoms with van der Waals surface area (Å²) in [5.74, 6) is -1.14. The first kappa shape index (κ1) is 30.3. The van der Waals surface area contributed by atoms with Gasteiger partial charge in [0.25, 0.3) is 5.88 Å². The number of pyridine rings is 3. The highest BCUT2D eigenvalue weighted by Gasteiger charge is 2.22. The highest BCUT2D eigenvalue weighted by molar-refractivity contribution is 5.98. The lowest BCUT2D eigenvalue weighted by molar-refractivity contribution is 0.0991. The SMILES string of the molecule is COc1cc2nccc(Oc3ccc(CC(=O)c4cn(CCF)c(C)c(-c5ccc(F)cc5C)c4=O)cc3F)c2nc1OC. The van der Waals surface area contributed by atoms with E-state index in [0.29, 0.717) is 39.2 Å². The lowest BCUT2D eigenvalue weighted by atomic mass is 9.95. The fraction of sp³-hybridized carbons (Fsp3) is 0.212. The number of nitrogens with zero attached hydrogens (tertiary/aromatic N) is 3. The Morgan fingerprint density at radius 1 is 0.955 bits per heavy atom. The molecule has 0 saturated carbocycles. The Balaban J connectivity index is 1.45. The maximum Gasteiger partial charge on any atom is 0.257 e. The van der Waals surface area contributed by atoms with Gasteiger partial charge in [-0.05, 0) is 54.8 Å². The van der Waals surface area contributed by atoms with Crippen molar-refractivity contribution < 1.29 is 32.2 Å². The molecule has 0 fully saturated rings. The van der Waals surface area contributed by atoms with E-state index in [1.807, 2.05) is 0 Å². The number of alkyl halides is 1. The van der Waals surface area contributed by atoms with E-state index in [9.17, 15) is 18.4 Å². The second-order valence-corrected chi connectivity index (χ2v) is 10.0. The summed E-state index contributed by atoms with van der Waals surface area (Å²) < 4.78 is 60.3. The summed E-state index contributed by atoms with van der Waals surface area (Å²) in [5.41, 5.74) is 1.87. The molecule has 5 rings (SSSR count). The van der Waals surface area contributed by atoms with Crippen LogP contribution in [0.15, 0.2) is 65.7 Å². The Morgan fingerprint density at radius 2 is 1.75 bits per heavy atom. The number of rotatable bonds is 10. The van der Waals surface area contributed by atoms with E-state index >= 15 is 4.39 Å². The van der Waals surface area contributed by atoms with E-state index in [-0.39, 0.29) is 41.5 Å². The summed E-state index contributed by atoms with van der Waals surface area (Å²) in [6.45, 7) is 2.48. The van der Waals surface area contributed by atoms with Crippen LogP contribution >= 0.6 is 0 Å². The van der Waals surface area contributed by atoms with Crippen LogP contribution in [-0.2, 0) is 13.0 Å². The average Bonchev–Trinajstić information content (AvgIpc) is 3.00. The Labute approximate surface area is 250 Å². The second kappa shape index (κ2) is 12.6. The number of hydrogen-bond donors (Lipinski definition) is 0. The van der Waals surface area contributed by atoms with E-state index in [0.717, 1.165) is 6.07 Å². The van der Waals surface area contributed by atoms with Crippen molar-refractivity contribution in [2.24, 2.45) is 0 Å². The molecule has 8 nitrogen and oxygen atoms in total. The first-order chi connectivity index (χ1) is 21.1. The highest BCUT2D eigenvalue weighted by atomic mass is 19.1. The highest BCUT2D eigenvalue weighted by Crippen LogP contribution is 2.35. The van der Waals surface area contributed by atoms with Gasteiger partial charge in [0.2, 0.25) is 0 Å². The number of aromatic nitrogens is 3. The molecule has 0 N–H and O–H groups in total. The topological polar surface area (TPSA) is 92.5 Å². The molecule has 0 atom stereocenters. The molecular weight excluding hydrogens is 575 g/mol. The van der Waals surface area contributed by atoms with Crippen LogP contribution in [0.4, 0.5) is 13.2 Å². The molecular formula is C33H28F3N3O5. The third-order valence-corrected chi connectivity index (χ3v) is 7.23. The maximum absolute atomic E-state index is 15.3. The normalized spacial score (nSPS) is 11.1. The van der Waals surface area contributed by atoms with E-state index in [1.54, 1.807) is 19.9 Å². The smallest absolute Gasteiger partial charge is 0.257 e. The largest absolute Gasteiger partial charge is 0.491 e. The molecule has 0 aliphatic rings. The van der Waals surface area contributed by atoms with Gasteiger partial charge in [-0.15, -0.1) is 0 Å². The van der Waals surface area contributed by atoms with Crippen molar-refractivity contribution >= 4 is 16.8 Å². The molecule has 0 saturated heterocycles. The molecule has 0 aliphatic heterocycles. The molecule has 44 heavy (non-hydrogen) atoms. The van der Waals surface area contributed by atoms with Crippen molar-refractivity contribution in [2.75, 3.05) is 20.9 Å². The van der Waals surface area contributed by atoms with E-state index < -0.39 is 29.5 Å². The summed E-state index contributed by atoms with van der Waals surface area (Å²) in [6.07, 6.45) is 2.50. The molecule has 11 heteroatoms. The minimum atomic E-state index is -0.748. The zero-order valence-corrected chi connectivity index (χ0v) is 24.4. The molecule has 0 bridgehead atoms. The van der Waals surface area contributed by atoms with Gasteiger partial charge in [-0.1, -0.05) is 12.1 Å². The van der Waals surface area contributed by atoms with Crippen molar-refractivity contribution in [2.45, 2.75) is 26.8 Å². The van der Waals surface area contributed by atoms with Gasteiger partial charge in [0, 0.05) is 42.2 Å². The lowest BCUT2D eigenvalue weighted by Gasteiger charge is -2.17. The number of ether oxygens (including phenoxy) is 3. The number of benzene rings is 2. The predicted octanol–water partition coefficient (Wildman–Crippen LogP) is 6.56. The van der Waals surface area contributed by atoms with Crippen molar-refractivity contribution in [3.8, 4) is 34.3 Å². The van der Waals surface area contributed by atoms with Crippen molar-refractivity contribution in [3.05, 3.63) is 105 Å². The van der Waals surface area contributed by atoms with Gasteiger partial charge in [-0.2, -0.15) is 0 Å². The van der Waals surface area contributed by atoms with Crippen LogP contribution in [0, 0.1) is 25.5 Å². The summed E-state index contributed by atoms with van der Waals surface area (Å²) in [5, 5.41) is 0. The fourth-order valence-electron chi connectivity index (χ4n) is 5.02. The zero-order chi connectivity index (χ0) is 31.5. The number of Topliss-reactive ketones (excluding diaryl/α,β-unsaturated/α-hetero) is 1. The van der Waals surface area contributed by atoms with Crippen LogP contribution in [0.2, 0.25) is 0 Å². The summed E-state index contributed by atoms with van der Waals surface area (Å²) in [6, 6.07) is 11.1. The van der Waals surface area contributed by atoms with Crippen LogP contribution in [-0.4, -0.2) is 41.2 Å². The standard InChI is InChI=1S/C33H28F3N3O5/c1-18-13-21(35)6-7-22(18)30-19(2)39(12-10-34)17-23(32(30)41)26(40)15-20-5-8-27(24(36)14-20)44-28-9-11-37-25-16-29(42-3)33(43-4)38-31(25)28/h5-9,11,13-14,16-17H,10,12,15H2,1-4H3. The minimum absolute atomic E-state index is 0.0858. The predicted molar refractivity (Wildman–Crippen MR) is 159 cm³/mol. The number of methoxy groups -OCH3 is 2. The zero-order valence-electron chi connectivity index (χ0n) is 24.4. The summed E-state index contributed by atoms with van der Waals surface area (Å²) >= 11 is 0. The van der Waals surface area contributed by atoms with Crippen LogP contribution in [0.5, 0.6) is 23.1 Å². The molecule has 3 heterocycles. The number of ketones is 1. The minimum Gasteiger partial charge on any atom is -0.491 e. The first-order valence-corrected chi connectivity index (χ1v) is 13.6. The Bertz CT molecular complexity index is 1960. The van der Waals surface area contributed by atoms with Crippen molar-refractivity contribution in [3.63, 3.8) is 0 Å². The first-order valence-electron chi connectivity index (χ1n) is 13.6. The number of fused-ring (bicyclic) bond motifs is 1. The second-order valence-electron chi connectivity index (χ2n) is 10.0. The molecule has 5 aromatic rings. The van der Waals surface area contributed by atoms with Crippen LogP contribution in [0.25, 0.3) is 22.2 Å². The summed E-state index contributed by atoms with van der Waals surface area (Å²) in [4.78, 5) is 35.6. The Hall–Kier alpha value is -5.19. The third-order valence-electron chi connectivity index (χ3n) is 7.23. The third kappa shape index (κ3) is 5.85. The van der Waals surface area contributed by atoms with Gasteiger partial charge in [-0.25, -0.2) is 18.2 Å². The quantitative estimate of drug-likeness (QED) is 0.167. The number of aryl methyl sites for hydroxylation is 2.